The van der Waals surface area contributed by atoms with E-state index in [9.17, 15) is 27.2 Å². The average molecular weight is 293 g/mol. The first-order valence-electron chi connectivity index (χ1n) is 5.42. The van der Waals surface area contributed by atoms with Crippen molar-refractivity contribution in [3.8, 4) is 0 Å². The zero-order chi connectivity index (χ0) is 15.7. The number of carbonyl (C=O) groups excluding carboxylic acids is 1. The van der Waals surface area contributed by atoms with Gasteiger partial charge in [-0.1, -0.05) is 0 Å². The molecule has 4 nitrogen and oxygen atoms in total. The molecule has 0 radical (unpaired) electrons. The van der Waals surface area contributed by atoms with E-state index in [2.05, 4.69) is 0 Å². The average Bonchev–Trinajstić information content (AvgIpc) is 2.34. The lowest BCUT2D eigenvalue weighted by Gasteiger charge is -2.21. The predicted octanol–water partition coefficient (Wildman–Crippen LogP) is 2.39. The molecule has 0 aliphatic rings. The number of halogens is 4. The molecule has 110 valence electrons. The maximum atomic E-state index is 13.3. The van der Waals surface area contributed by atoms with Gasteiger partial charge in [0.2, 0.25) is 0 Å². The van der Waals surface area contributed by atoms with Crippen molar-refractivity contribution in [2.24, 2.45) is 0 Å². The van der Waals surface area contributed by atoms with E-state index in [1.807, 2.05) is 0 Å². The van der Waals surface area contributed by atoms with Crippen LogP contribution in [0.4, 0.5) is 17.6 Å². The van der Waals surface area contributed by atoms with Gasteiger partial charge in [0.25, 0.3) is 5.91 Å². The van der Waals surface area contributed by atoms with Crippen LogP contribution < -0.4 is 0 Å². The molecule has 1 amide bonds. The van der Waals surface area contributed by atoms with Crippen molar-refractivity contribution in [1.29, 1.82) is 0 Å². The van der Waals surface area contributed by atoms with E-state index in [1.165, 1.54) is 6.92 Å². The molecule has 20 heavy (non-hydrogen) atoms. The van der Waals surface area contributed by atoms with Crippen LogP contribution in [0.1, 0.15) is 22.8 Å². The number of amides is 1. The Labute approximate surface area is 111 Å². The van der Waals surface area contributed by atoms with E-state index in [0.717, 1.165) is 18.0 Å². The summed E-state index contributed by atoms with van der Waals surface area (Å²) in [7, 11) is 1.16. The molecule has 1 rings (SSSR count). The maximum absolute atomic E-state index is 13.3. The Morgan fingerprint density at radius 1 is 1.30 bits per heavy atom. The highest BCUT2D eigenvalue weighted by atomic mass is 19.4. The number of likely N-dealkylation sites (N-methyl/N-ethyl adjacent to an activating group) is 1. The van der Waals surface area contributed by atoms with Crippen LogP contribution in [-0.2, 0) is 11.0 Å². The van der Waals surface area contributed by atoms with Gasteiger partial charge in [0.15, 0.2) is 0 Å². The fraction of sp³-hybridized carbons (Fsp3) is 0.333. The summed E-state index contributed by atoms with van der Waals surface area (Å²) in [5.74, 6) is -3.75. The first-order chi connectivity index (χ1) is 9.05. The molecular formula is C12H11F4NO3. The molecule has 0 bridgehead atoms. The Balaban J connectivity index is 3.08. The summed E-state index contributed by atoms with van der Waals surface area (Å²) in [6.45, 7) is 1.22. The molecule has 1 unspecified atom stereocenters. The second-order valence-corrected chi connectivity index (χ2v) is 4.12. The Kier molecular flexibility index (Phi) is 4.36. The van der Waals surface area contributed by atoms with Crippen LogP contribution in [-0.4, -0.2) is 35.0 Å². The molecule has 0 spiro atoms. The quantitative estimate of drug-likeness (QED) is 0.871. The summed E-state index contributed by atoms with van der Waals surface area (Å²) in [6, 6.07) is 0.505. The fourth-order valence-corrected chi connectivity index (χ4v) is 1.42. The molecule has 0 saturated carbocycles. The predicted molar refractivity (Wildman–Crippen MR) is 60.6 cm³/mol. The van der Waals surface area contributed by atoms with Crippen LogP contribution in [0.3, 0.4) is 0 Å². The van der Waals surface area contributed by atoms with Crippen molar-refractivity contribution in [2.45, 2.75) is 19.1 Å². The summed E-state index contributed by atoms with van der Waals surface area (Å²) >= 11 is 0. The standard InChI is InChI=1S/C12H11F4NO3/c1-6(11(19)20)17(2)10(18)7-3-4-8(9(13)5-7)12(14,15)16/h3-6H,1-2H3,(H,19,20). The maximum Gasteiger partial charge on any atom is 0.419 e. The van der Waals surface area contributed by atoms with Crippen LogP contribution >= 0.6 is 0 Å². The third kappa shape index (κ3) is 3.25. The summed E-state index contributed by atoms with van der Waals surface area (Å²) in [4.78, 5) is 23.3. The highest BCUT2D eigenvalue weighted by Gasteiger charge is 2.34. The second kappa shape index (κ2) is 5.48. The van der Waals surface area contributed by atoms with Gasteiger partial charge in [-0.2, -0.15) is 13.2 Å². The Morgan fingerprint density at radius 3 is 2.25 bits per heavy atom. The lowest BCUT2D eigenvalue weighted by Crippen LogP contribution is -2.40. The first-order valence-corrected chi connectivity index (χ1v) is 5.42. The fourth-order valence-electron chi connectivity index (χ4n) is 1.42. The molecule has 1 N–H and O–H groups in total. The molecule has 1 atom stereocenters. The summed E-state index contributed by atoms with van der Waals surface area (Å²) < 4.78 is 50.4. The van der Waals surface area contributed by atoms with E-state index in [1.54, 1.807) is 0 Å². The highest BCUT2D eigenvalue weighted by molar-refractivity contribution is 5.96. The van der Waals surface area contributed by atoms with Gasteiger partial charge in [-0.15, -0.1) is 0 Å². The molecule has 0 fully saturated rings. The van der Waals surface area contributed by atoms with Gasteiger partial charge in [0.1, 0.15) is 11.9 Å². The zero-order valence-electron chi connectivity index (χ0n) is 10.5. The van der Waals surface area contributed by atoms with Crippen molar-refractivity contribution in [3.05, 3.63) is 35.1 Å². The van der Waals surface area contributed by atoms with Gasteiger partial charge in [-0.3, -0.25) is 4.79 Å². The van der Waals surface area contributed by atoms with Crippen LogP contribution in [0, 0.1) is 5.82 Å². The lowest BCUT2D eigenvalue weighted by molar-refractivity contribution is -0.141. The van der Waals surface area contributed by atoms with Gasteiger partial charge >= 0.3 is 12.1 Å². The van der Waals surface area contributed by atoms with Crippen LogP contribution in [0.5, 0.6) is 0 Å². The number of aliphatic carboxylic acids is 1. The minimum Gasteiger partial charge on any atom is -0.480 e. The number of rotatable bonds is 3. The topological polar surface area (TPSA) is 57.6 Å². The van der Waals surface area contributed by atoms with E-state index in [4.69, 9.17) is 5.11 Å². The molecule has 8 heteroatoms. The lowest BCUT2D eigenvalue weighted by atomic mass is 10.1. The number of benzene rings is 1. The summed E-state index contributed by atoms with van der Waals surface area (Å²) in [5, 5.41) is 8.74. The van der Waals surface area contributed by atoms with Crippen molar-refractivity contribution in [1.82, 2.24) is 4.90 Å². The van der Waals surface area contributed by atoms with Crippen molar-refractivity contribution in [3.63, 3.8) is 0 Å². The number of carbonyl (C=O) groups is 2. The van der Waals surface area contributed by atoms with Crippen molar-refractivity contribution in [2.75, 3.05) is 7.05 Å². The number of hydrogen-bond donors (Lipinski definition) is 1. The third-order valence-electron chi connectivity index (χ3n) is 2.78. The van der Waals surface area contributed by atoms with E-state index < -0.39 is 35.5 Å². The van der Waals surface area contributed by atoms with E-state index in [-0.39, 0.29) is 5.56 Å². The molecule has 0 aliphatic carbocycles. The number of hydrogen-bond acceptors (Lipinski definition) is 2. The minimum atomic E-state index is -4.86. The number of carboxylic acid groups (broad SMARTS) is 1. The molecule has 0 aromatic heterocycles. The summed E-state index contributed by atoms with van der Waals surface area (Å²) in [5.41, 5.74) is -1.84. The highest BCUT2D eigenvalue weighted by Crippen LogP contribution is 2.31. The van der Waals surface area contributed by atoms with Crippen molar-refractivity contribution < 1.29 is 32.3 Å². The van der Waals surface area contributed by atoms with E-state index in [0.29, 0.717) is 12.1 Å². The Morgan fingerprint density at radius 2 is 1.85 bits per heavy atom. The Bertz CT molecular complexity index is 542. The van der Waals surface area contributed by atoms with Gasteiger partial charge in [-0.05, 0) is 25.1 Å². The summed E-state index contributed by atoms with van der Waals surface area (Å²) in [6.07, 6.45) is -4.86. The Hall–Kier alpha value is -2.12. The second-order valence-electron chi connectivity index (χ2n) is 4.12. The van der Waals surface area contributed by atoms with Crippen molar-refractivity contribution >= 4 is 11.9 Å². The number of nitrogens with zero attached hydrogens (tertiary/aromatic N) is 1. The molecule has 0 saturated heterocycles. The van der Waals surface area contributed by atoms with Crippen LogP contribution in [0.15, 0.2) is 18.2 Å². The van der Waals surface area contributed by atoms with Crippen LogP contribution in [0.25, 0.3) is 0 Å². The molecule has 1 aromatic carbocycles. The largest absolute Gasteiger partial charge is 0.480 e. The molecule has 1 aromatic rings. The van der Waals surface area contributed by atoms with E-state index >= 15 is 0 Å². The van der Waals surface area contributed by atoms with Gasteiger partial charge < -0.3 is 10.0 Å². The first kappa shape index (κ1) is 15.9. The molecule has 0 heterocycles. The minimum absolute atomic E-state index is 0.355. The smallest absolute Gasteiger partial charge is 0.419 e. The number of alkyl halides is 3. The third-order valence-corrected chi connectivity index (χ3v) is 2.78. The van der Waals surface area contributed by atoms with Gasteiger partial charge in [-0.25, -0.2) is 9.18 Å². The molecule has 0 aliphatic heterocycles. The SMILES string of the molecule is CC(C(=O)O)N(C)C(=O)c1ccc(C(F)(F)F)c(F)c1. The molecular weight excluding hydrogens is 282 g/mol. The normalized spacial score (nSPS) is 12.9. The number of carboxylic acids is 1. The zero-order valence-corrected chi connectivity index (χ0v) is 10.5. The van der Waals surface area contributed by atoms with Crippen LogP contribution in [0.2, 0.25) is 0 Å². The van der Waals surface area contributed by atoms with Gasteiger partial charge in [0, 0.05) is 12.6 Å². The van der Waals surface area contributed by atoms with Gasteiger partial charge in [0.05, 0.1) is 5.56 Å². The monoisotopic (exact) mass is 293 g/mol.